The van der Waals surface area contributed by atoms with Crippen LogP contribution in [0.4, 0.5) is 5.69 Å². The Morgan fingerprint density at radius 3 is 2.81 bits per heavy atom. The summed E-state index contributed by atoms with van der Waals surface area (Å²) in [6, 6.07) is 12.4. The minimum atomic E-state index is -0.194. The van der Waals surface area contributed by atoms with Gasteiger partial charge in [-0.15, -0.1) is 0 Å². The van der Waals surface area contributed by atoms with E-state index in [1.165, 1.54) is 0 Å². The lowest BCUT2D eigenvalue weighted by Crippen LogP contribution is -2.11. The molecule has 5 heteroatoms. The van der Waals surface area contributed by atoms with Crippen LogP contribution in [0.15, 0.2) is 46.9 Å². The van der Waals surface area contributed by atoms with Crippen molar-refractivity contribution < 1.29 is 9.53 Å². The summed E-state index contributed by atoms with van der Waals surface area (Å²) in [7, 11) is 0. The standard InChI is InChI=1S/C16H15BrClNO2/c1-2-8-21-13-5-3-4-12(10-13)19-16(20)11-6-7-15(18)14(17)9-11/h3-7,9-10H,2,8H2,1H3,(H,19,20). The lowest BCUT2D eigenvalue weighted by Gasteiger charge is -2.09. The first kappa shape index (κ1) is 15.9. The minimum Gasteiger partial charge on any atom is -0.494 e. The van der Waals surface area contributed by atoms with Gasteiger partial charge in [0.25, 0.3) is 5.91 Å². The van der Waals surface area contributed by atoms with Crippen LogP contribution in [0, 0.1) is 0 Å². The average Bonchev–Trinajstić information content (AvgIpc) is 2.48. The van der Waals surface area contributed by atoms with Gasteiger partial charge in [-0.05, 0) is 52.7 Å². The zero-order chi connectivity index (χ0) is 15.2. The SMILES string of the molecule is CCCOc1cccc(NC(=O)c2ccc(Cl)c(Br)c2)c1. The predicted octanol–water partition coefficient (Wildman–Crippen LogP) is 5.14. The van der Waals surface area contributed by atoms with Crippen LogP contribution in [0.25, 0.3) is 0 Å². The third kappa shape index (κ3) is 4.48. The maximum atomic E-state index is 12.2. The predicted molar refractivity (Wildman–Crippen MR) is 89.3 cm³/mol. The number of anilines is 1. The van der Waals surface area contributed by atoms with Gasteiger partial charge in [0.05, 0.1) is 11.6 Å². The van der Waals surface area contributed by atoms with Crippen molar-refractivity contribution in [3.63, 3.8) is 0 Å². The molecule has 110 valence electrons. The van der Waals surface area contributed by atoms with Crippen LogP contribution in [0.3, 0.4) is 0 Å². The molecule has 0 aliphatic rings. The summed E-state index contributed by atoms with van der Waals surface area (Å²) in [6.07, 6.45) is 0.940. The summed E-state index contributed by atoms with van der Waals surface area (Å²) in [6.45, 7) is 2.70. The maximum Gasteiger partial charge on any atom is 0.255 e. The van der Waals surface area contributed by atoms with Crippen LogP contribution >= 0.6 is 27.5 Å². The molecule has 1 N–H and O–H groups in total. The molecule has 2 rings (SSSR count). The van der Waals surface area contributed by atoms with E-state index in [0.717, 1.165) is 12.2 Å². The quantitative estimate of drug-likeness (QED) is 0.793. The Morgan fingerprint density at radius 1 is 1.29 bits per heavy atom. The van der Waals surface area contributed by atoms with Crippen molar-refractivity contribution in [1.29, 1.82) is 0 Å². The molecule has 0 aliphatic heterocycles. The van der Waals surface area contributed by atoms with Gasteiger partial charge in [0.15, 0.2) is 0 Å². The normalized spacial score (nSPS) is 10.2. The maximum absolute atomic E-state index is 12.2. The Kier molecular flexibility index (Phi) is 5.65. The molecule has 0 aromatic heterocycles. The molecule has 2 aromatic rings. The van der Waals surface area contributed by atoms with Crippen molar-refractivity contribution in [2.24, 2.45) is 0 Å². The van der Waals surface area contributed by atoms with Gasteiger partial charge in [-0.25, -0.2) is 0 Å². The molecule has 0 aliphatic carbocycles. The van der Waals surface area contributed by atoms with Gasteiger partial charge in [-0.2, -0.15) is 0 Å². The van der Waals surface area contributed by atoms with Gasteiger partial charge in [-0.3, -0.25) is 4.79 Å². The number of carbonyl (C=O) groups is 1. The number of hydrogen-bond acceptors (Lipinski definition) is 2. The van der Waals surface area contributed by atoms with Crippen molar-refractivity contribution in [1.82, 2.24) is 0 Å². The van der Waals surface area contributed by atoms with Gasteiger partial charge in [-0.1, -0.05) is 24.6 Å². The van der Waals surface area contributed by atoms with E-state index in [-0.39, 0.29) is 5.91 Å². The number of benzene rings is 2. The first-order valence-corrected chi connectivity index (χ1v) is 7.76. The van der Waals surface area contributed by atoms with Crippen molar-refractivity contribution >= 4 is 39.1 Å². The van der Waals surface area contributed by atoms with Crippen molar-refractivity contribution in [2.45, 2.75) is 13.3 Å². The molecule has 0 saturated heterocycles. The highest BCUT2D eigenvalue weighted by atomic mass is 79.9. The second-order valence-corrected chi connectivity index (χ2v) is 5.72. The Balaban J connectivity index is 2.10. The van der Waals surface area contributed by atoms with E-state index < -0.39 is 0 Å². The second-order valence-electron chi connectivity index (χ2n) is 4.46. The molecule has 0 heterocycles. The van der Waals surface area contributed by atoms with Gasteiger partial charge in [0.2, 0.25) is 0 Å². The highest BCUT2D eigenvalue weighted by Crippen LogP contribution is 2.24. The zero-order valence-corrected chi connectivity index (χ0v) is 13.9. The topological polar surface area (TPSA) is 38.3 Å². The smallest absolute Gasteiger partial charge is 0.255 e. The lowest BCUT2D eigenvalue weighted by molar-refractivity contribution is 0.102. The molecule has 21 heavy (non-hydrogen) atoms. The fraction of sp³-hybridized carbons (Fsp3) is 0.188. The number of carbonyl (C=O) groups excluding carboxylic acids is 1. The summed E-state index contributed by atoms with van der Waals surface area (Å²) in [4.78, 5) is 12.2. The van der Waals surface area contributed by atoms with Gasteiger partial charge < -0.3 is 10.1 Å². The fourth-order valence-corrected chi connectivity index (χ4v) is 2.22. The highest BCUT2D eigenvalue weighted by Gasteiger charge is 2.08. The summed E-state index contributed by atoms with van der Waals surface area (Å²) >= 11 is 9.23. The van der Waals surface area contributed by atoms with Crippen LogP contribution < -0.4 is 10.1 Å². The van der Waals surface area contributed by atoms with E-state index in [1.54, 1.807) is 24.3 Å². The monoisotopic (exact) mass is 367 g/mol. The molecule has 0 spiro atoms. The van der Waals surface area contributed by atoms with Crippen LogP contribution in [0.1, 0.15) is 23.7 Å². The second kappa shape index (κ2) is 7.48. The van der Waals surface area contributed by atoms with Crippen molar-refractivity contribution in [3.8, 4) is 5.75 Å². The Hall–Kier alpha value is -1.52. The zero-order valence-electron chi connectivity index (χ0n) is 11.5. The lowest BCUT2D eigenvalue weighted by atomic mass is 10.2. The van der Waals surface area contributed by atoms with Crippen LogP contribution in [0.5, 0.6) is 5.75 Å². The number of rotatable bonds is 5. The minimum absolute atomic E-state index is 0.194. The molecule has 0 bridgehead atoms. The molecule has 0 saturated carbocycles. The number of amides is 1. The summed E-state index contributed by atoms with van der Waals surface area (Å²) < 4.78 is 6.23. The number of ether oxygens (including phenoxy) is 1. The molecule has 0 radical (unpaired) electrons. The highest BCUT2D eigenvalue weighted by molar-refractivity contribution is 9.10. The number of halogens is 2. The number of nitrogens with one attached hydrogen (secondary N) is 1. The van der Waals surface area contributed by atoms with E-state index in [1.807, 2.05) is 25.1 Å². The molecule has 2 aromatic carbocycles. The summed E-state index contributed by atoms with van der Waals surface area (Å²) in [5.74, 6) is 0.548. The Labute approximate surface area is 137 Å². The summed E-state index contributed by atoms with van der Waals surface area (Å²) in [5, 5.41) is 3.41. The van der Waals surface area contributed by atoms with E-state index in [2.05, 4.69) is 21.2 Å². The van der Waals surface area contributed by atoms with Crippen LogP contribution in [0.2, 0.25) is 5.02 Å². The molecule has 1 amide bonds. The third-order valence-corrected chi connectivity index (χ3v) is 3.96. The molecule has 0 fully saturated rings. The van der Waals surface area contributed by atoms with Crippen molar-refractivity contribution in [2.75, 3.05) is 11.9 Å². The largest absolute Gasteiger partial charge is 0.494 e. The van der Waals surface area contributed by atoms with Crippen LogP contribution in [-0.2, 0) is 0 Å². The molecule has 0 unspecified atom stereocenters. The van der Waals surface area contributed by atoms with Crippen molar-refractivity contribution in [3.05, 3.63) is 57.5 Å². The molecular formula is C16H15BrClNO2. The van der Waals surface area contributed by atoms with E-state index in [0.29, 0.717) is 27.4 Å². The van der Waals surface area contributed by atoms with Gasteiger partial charge in [0, 0.05) is 21.8 Å². The van der Waals surface area contributed by atoms with Crippen LogP contribution in [-0.4, -0.2) is 12.5 Å². The van der Waals surface area contributed by atoms with E-state index in [9.17, 15) is 4.79 Å². The third-order valence-electron chi connectivity index (χ3n) is 2.75. The van der Waals surface area contributed by atoms with E-state index in [4.69, 9.17) is 16.3 Å². The first-order valence-electron chi connectivity index (χ1n) is 6.59. The number of hydrogen-bond donors (Lipinski definition) is 1. The average molecular weight is 369 g/mol. The Morgan fingerprint density at radius 2 is 2.10 bits per heavy atom. The van der Waals surface area contributed by atoms with Gasteiger partial charge >= 0.3 is 0 Å². The van der Waals surface area contributed by atoms with E-state index >= 15 is 0 Å². The first-order chi connectivity index (χ1) is 10.1. The molecular weight excluding hydrogens is 354 g/mol. The summed E-state index contributed by atoms with van der Waals surface area (Å²) in [5.41, 5.74) is 1.23. The van der Waals surface area contributed by atoms with Gasteiger partial charge in [0.1, 0.15) is 5.75 Å². The fourth-order valence-electron chi connectivity index (χ4n) is 1.72. The molecule has 0 atom stereocenters. The Bertz CT molecular complexity index is 646. The molecule has 3 nitrogen and oxygen atoms in total.